The van der Waals surface area contributed by atoms with E-state index >= 15 is 0 Å². The Kier molecular flexibility index (Phi) is 7.47. The topological polar surface area (TPSA) is 51.6 Å². The maximum atomic E-state index is 11.4. The van der Waals surface area contributed by atoms with Crippen LogP contribution < -0.4 is 5.32 Å². The van der Waals surface area contributed by atoms with Crippen LogP contribution in [0.3, 0.4) is 0 Å². The SMILES string of the molecule is CC1CCN(Cc2cc(CN3CCC(C)CC3)c(O)c(Nc3ccnc4cc(Cl)ccc34)c2)CC1. The second-order valence-electron chi connectivity index (χ2n) is 10.7. The Bertz CT molecular complexity index is 1170. The Morgan fingerprint density at radius 2 is 1.54 bits per heavy atom. The van der Waals surface area contributed by atoms with E-state index in [1.54, 1.807) is 6.20 Å². The van der Waals surface area contributed by atoms with Crippen molar-refractivity contribution in [1.82, 2.24) is 14.8 Å². The van der Waals surface area contributed by atoms with E-state index in [2.05, 4.69) is 46.1 Å². The lowest BCUT2D eigenvalue weighted by molar-refractivity contribution is 0.181. The summed E-state index contributed by atoms with van der Waals surface area (Å²) in [5, 5.41) is 16.6. The number of halogens is 1. The fourth-order valence-electron chi connectivity index (χ4n) is 5.38. The van der Waals surface area contributed by atoms with Gasteiger partial charge in [-0.3, -0.25) is 14.8 Å². The van der Waals surface area contributed by atoms with Crippen LogP contribution in [-0.2, 0) is 13.1 Å². The highest BCUT2D eigenvalue weighted by molar-refractivity contribution is 6.31. The molecule has 2 aliphatic heterocycles. The third-order valence-electron chi connectivity index (χ3n) is 7.78. The number of fused-ring (bicyclic) bond motifs is 1. The van der Waals surface area contributed by atoms with E-state index in [0.717, 1.165) is 78.9 Å². The quantitative estimate of drug-likeness (QED) is 0.370. The van der Waals surface area contributed by atoms with Crippen LogP contribution in [-0.4, -0.2) is 46.1 Å². The van der Waals surface area contributed by atoms with Gasteiger partial charge in [-0.2, -0.15) is 0 Å². The van der Waals surface area contributed by atoms with E-state index in [0.29, 0.717) is 10.8 Å². The molecule has 0 aliphatic carbocycles. The molecule has 5 nitrogen and oxygen atoms in total. The fraction of sp³-hybridized carbons (Fsp3) is 0.483. The molecule has 35 heavy (non-hydrogen) atoms. The zero-order valence-electron chi connectivity index (χ0n) is 20.9. The van der Waals surface area contributed by atoms with Crippen molar-refractivity contribution in [3.05, 3.63) is 58.7 Å². The van der Waals surface area contributed by atoms with E-state index < -0.39 is 0 Å². The minimum absolute atomic E-state index is 0.346. The van der Waals surface area contributed by atoms with Gasteiger partial charge in [0.05, 0.1) is 11.2 Å². The van der Waals surface area contributed by atoms with Gasteiger partial charge in [0.1, 0.15) is 5.75 Å². The smallest absolute Gasteiger partial charge is 0.143 e. The normalized spacial score (nSPS) is 18.8. The lowest BCUT2D eigenvalue weighted by Gasteiger charge is -2.32. The van der Waals surface area contributed by atoms with E-state index in [-0.39, 0.29) is 0 Å². The number of benzene rings is 2. The van der Waals surface area contributed by atoms with Crippen molar-refractivity contribution in [2.45, 2.75) is 52.6 Å². The summed E-state index contributed by atoms with van der Waals surface area (Å²) < 4.78 is 0. The number of hydrogen-bond donors (Lipinski definition) is 2. The van der Waals surface area contributed by atoms with E-state index in [1.807, 2.05) is 24.3 Å². The van der Waals surface area contributed by atoms with Crippen LogP contribution >= 0.6 is 11.6 Å². The highest BCUT2D eigenvalue weighted by Crippen LogP contribution is 2.36. The lowest BCUT2D eigenvalue weighted by atomic mass is 9.97. The number of phenols is 1. The van der Waals surface area contributed by atoms with Crippen molar-refractivity contribution >= 4 is 33.9 Å². The predicted molar refractivity (Wildman–Crippen MR) is 145 cm³/mol. The lowest BCUT2D eigenvalue weighted by Crippen LogP contribution is -2.33. The largest absolute Gasteiger partial charge is 0.505 e. The van der Waals surface area contributed by atoms with Crippen LogP contribution in [0.1, 0.15) is 50.7 Å². The zero-order valence-corrected chi connectivity index (χ0v) is 21.7. The van der Waals surface area contributed by atoms with Gasteiger partial charge in [0, 0.05) is 40.9 Å². The number of pyridine rings is 1. The third-order valence-corrected chi connectivity index (χ3v) is 8.01. The number of aromatic nitrogens is 1. The van der Waals surface area contributed by atoms with Gasteiger partial charge in [0.25, 0.3) is 0 Å². The minimum atomic E-state index is 0.346. The third kappa shape index (κ3) is 5.91. The molecule has 2 saturated heterocycles. The molecule has 3 heterocycles. The molecule has 0 bridgehead atoms. The molecule has 0 spiro atoms. The van der Waals surface area contributed by atoms with E-state index in [9.17, 15) is 5.11 Å². The number of anilines is 2. The van der Waals surface area contributed by atoms with Gasteiger partial charge in [-0.15, -0.1) is 0 Å². The average Bonchev–Trinajstić information content (AvgIpc) is 2.85. The van der Waals surface area contributed by atoms with Crippen molar-refractivity contribution in [3.63, 3.8) is 0 Å². The van der Waals surface area contributed by atoms with Crippen molar-refractivity contribution in [2.75, 3.05) is 31.5 Å². The Labute approximate surface area is 214 Å². The monoisotopic (exact) mass is 492 g/mol. The second kappa shape index (κ2) is 10.7. The summed E-state index contributed by atoms with van der Waals surface area (Å²) in [4.78, 5) is 9.50. The average molecular weight is 493 g/mol. The Hall–Kier alpha value is -2.34. The van der Waals surface area contributed by atoms with Gasteiger partial charge in [-0.1, -0.05) is 25.4 Å². The molecule has 0 atom stereocenters. The molecular weight excluding hydrogens is 456 g/mol. The van der Waals surface area contributed by atoms with Crippen LogP contribution in [0.25, 0.3) is 10.9 Å². The minimum Gasteiger partial charge on any atom is -0.505 e. The fourth-order valence-corrected chi connectivity index (χ4v) is 5.55. The molecule has 5 rings (SSSR count). The van der Waals surface area contributed by atoms with Gasteiger partial charge in [0.15, 0.2) is 0 Å². The van der Waals surface area contributed by atoms with Crippen LogP contribution in [0.4, 0.5) is 11.4 Å². The number of hydrogen-bond acceptors (Lipinski definition) is 5. The first kappa shape index (κ1) is 24.4. The molecule has 2 aromatic carbocycles. The van der Waals surface area contributed by atoms with E-state index in [1.165, 1.54) is 31.2 Å². The van der Waals surface area contributed by atoms with Crippen molar-refractivity contribution in [1.29, 1.82) is 0 Å². The number of nitrogens with zero attached hydrogens (tertiary/aromatic N) is 3. The van der Waals surface area contributed by atoms with Gasteiger partial charge in [-0.25, -0.2) is 0 Å². The highest BCUT2D eigenvalue weighted by atomic mass is 35.5. The Morgan fingerprint density at radius 1 is 0.886 bits per heavy atom. The van der Waals surface area contributed by atoms with Gasteiger partial charge in [0.2, 0.25) is 0 Å². The molecule has 186 valence electrons. The molecule has 2 aliphatic rings. The van der Waals surface area contributed by atoms with Crippen LogP contribution in [0.15, 0.2) is 42.6 Å². The van der Waals surface area contributed by atoms with Gasteiger partial charge >= 0.3 is 0 Å². The van der Waals surface area contributed by atoms with Crippen molar-refractivity contribution < 1.29 is 5.11 Å². The summed E-state index contributed by atoms with van der Waals surface area (Å²) in [6.45, 7) is 10.8. The summed E-state index contributed by atoms with van der Waals surface area (Å²) in [6, 6.07) is 12.0. The van der Waals surface area contributed by atoms with Crippen LogP contribution in [0.5, 0.6) is 5.75 Å². The number of phenolic OH excluding ortho intramolecular Hbond substituents is 1. The number of aromatic hydroxyl groups is 1. The first-order valence-electron chi connectivity index (χ1n) is 13.1. The summed E-state index contributed by atoms with van der Waals surface area (Å²) in [6.07, 6.45) is 6.75. The Balaban J connectivity index is 1.45. The number of nitrogens with one attached hydrogen (secondary N) is 1. The van der Waals surface area contributed by atoms with Crippen molar-refractivity contribution in [2.24, 2.45) is 11.8 Å². The number of likely N-dealkylation sites (tertiary alicyclic amines) is 2. The molecule has 0 amide bonds. The van der Waals surface area contributed by atoms with Crippen molar-refractivity contribution in [3.8, 4) is 5.75 Å². The molecule has 0 saturated carbocycles. The maximum Gasteiger partial charge on any atom is 0.143 e. The predicted octanol–water partition coefficient (Wildman–Crippen LogP) is 6.80. The molecule has 3 aromatic rings. The standard InChI is InChI=1S/C29H37ClN4O/c1-20-6-11-33(12-7-20)18-22-15-23(19-34-13-8-21(2)9-14-34)29(35)28(16-22)32-26-5-10-31-27-17-24(30)3-4-25(26)27/h3-5,10,15-17,20-21,35H,6-9,11-14,18-19H2,1-2H3,(H,31,32). The summed E-state index contributed by atoms with van der Waals surface area (Å²) in [5.41, 5.74) is 4.77. The van der Waals surface area contributed by atoms with Crippen LogP contribution in [0.2, 0.25) is 5.02 Å². The number of piperidine rings is 2. The van der Waals surface area contributed by atoms with Crippen LogP contribution in [0, 0.1) is 11.8 Å². The molecule has 6 heteroatoms. The second-order valence-corrected chi connectivity index (χ2v) is 11.1. The first-order valence-corrected chi connectivity index (χ1v) is 13.4. The Morgan fingerprint density at radius 3 is 2.23 bits per heavy atom. The summed E-state index contributed by atoms with van der Waals surface area (Å²) in [5.74, 6) is 1.95. The maximum absolute atomic E-state index is 11.4. The van der Waals surface area contributed by atoms with E-state index in [4.69, 9.17) is 11.6 Å². The zero-order chi connectivity index (χ0) is 24.4. The molecule has 0 radical (unpaired) electrons. The molecule has 0 unspecified atom stereocenters. The first-order chi connectivity index (χ1) is 16.9. The molecule has 1 aromatic heterocycles. The summed E-state index contributed by atoms with van der Waals surface area (Å²) >= 11 is 6.19. The summed E-state index contributed by atoms with van der Waals surface area (Å²) in [7, 11) is 0. The highest BCUT2D eigenvalue weighted by Gasteiger charge is 2.21. The van der Waals surface area contributed by atoms with Gasteiger partial charge < -0.3 is 10.4 Å². The number of rotatable bonds is 6. The van der Waals surface area contributed by atoms with Gasteiger partial charge in [-0.05, 0) is 106 Å². The molecule has 2 fully saturated rings. The molecular formula is C29H37ClN4O. The molecule has 2 N–H and O–H groups in total.